The van der Waals surface area contributed by atoms with Crippen molar-refractivity contribution in [3.8, 4) is 0 Å². The number of fused-ring (bicyclic) bond motifs is 1. The minimum Gasteiger partial charge on any atom is -0.381 e. The monoisotopic (exact) mass is 553 g/mol. The number of alkyl halides is 1. The number of dihydropyridines is 1. The minimum absolute atomic E-state index is 0.0369. The maximum absolute atomic E-state index is 13.3. The van der Waals surface area contributed by atoms with E-state index >= 15 is 0 Å². The fraction of sp³-hybridized carbons (Fsp3) is 0.450. The molecule has 2 N–H and O–H groups in total. The molecule has 3 aliphatic rings. The van der Waals surface area contributed by atoms with E-state index in [1.165, 1.54) is 0 Å². The van der Waals surface area contributed by atoms with Crippen LogP contribution < -0.4 is 10.6 Å². The number of benzene rings is 1. The third-order valence-corrected chi connectivity index (χ3v) is 6.65. The van der Waals surface area contributed by atoms with Gasteiger partial charge < -0.3 is 20.3 Å². The van der Waals surface area contributed by atoms with E-state index in [0.717, 1.165) is 34.9 Å². The molecule has 1 unspecified atom stereocenters. The number of nitrogens with one attached hydrogen (secondary N) is 2. The summed E-state index contributed by atoms with van der Waals surface area (Å²) in [5.74, 6) is 0.792. The number of carbonyl (C=O) groups is 1. The first-order chi connectivity index (χ1) is 15.1. The van der Waals surface area contributed by atoms with Crippen LogP contribution in [-0.2, 0) is 9.53 Å². The molecule has 0 radical (unpaired) electrons. The van der Waals surface area contributed by atoms with Gasteiger partial charge in [-0.15, -0.1) is 12.6 Å². The fourth-order valence-corrected chi connectivity index (χ4v) is 5.24. The van der Waals surface area contributed by atoms with E-state index in [-0.39, 0.29) is 24.7 Å². The van der Waals surface area contributed by atoms with E-state index < -0.39 is 6.04 Å². The van der Waals surface area contributed by atoms with E-state index in [1.54, 1.807) is 4.90 Å². The molecular weight excluding hydrogens is 529 g/mol. The maximum atomic E-state index is 13.3. The molecule has 3 heterocycles. The van der Waals surface area contributed by atoms with Crippen molar-refractivity contribution in [2.75, 3.05) is 29.6 Å². The molecule has 164 valence electrons. The van der Waals surface area contributed by atoms with Crippen molar-refractivity contribution in [2.45, 2.75) is 36.0 Å². The van der Waals surface area contributed by atoms with Crippen molar-refractivity contribution in [2.24, 2.45) is 5.11 Å². The van der Waals surface area contributed by atoms with Gasteiger partial charge in [-0.2, -0.15) is 0 Å². The van der Waals surface area contributed by atoms with Crippen molar-refractivity contribution >= 4 is 46.8 Å². The number of anilines is 1. The van der Waals surface area contributed by atoms with Crippen LogP contribution in [0.3, 0.4) is 0 Å². The van der Waals surface area contributed by atoms with E-state index in [9.17, 15) is 4.79 Å². The Kier molecular flexibility index (Phi) is 7.28. The van der Waals surface area contributed by atoms with Crippen LogP contribution in [0.2, 0.25) is 0 Å². The van der Waals surface area contributed by atoms with Crippen LogP contribution in [0.15, 0.2) is 57.9 Å². The van der Waals surface area contributed by atoms with Crippen LogP contribution in [0, 0.1) is 0 Å². The molecule has 0 saturated carbocycles. The summed E-state index contributed by atoms with van der Waals surface area (Å²) < 4.78 is 6.07. The second-order valence-corrected chi connectivity index (χ2v) is 8.70. The maximum Gasteiger partial charge on any atom is 0.245 e. The van der Waals surface area contributed by atoms with Crippen molar-refractivity contribution in [3.63, 3.8) is 0 Å². The number of piperazine rings is 1. The Morgan fingerprint density at radius 3 is 2.87 bits per heavy atom. The predicted molar refractivity (Wildman–Crippen MR) is 130 cm³/mol. The SMILES string of the molecule is [N-]=[N+]=NC[C@@H]1C(=O)N(CI)C2=CC=C(Nc3cccc(S)c3)NC2N1C1CCOCC1. The zero-order valence-electron chi connectivity index (χ0n) is 16.8. The van der Waals surface area contributed by atoms with Gasteiger partial charge in [-0.1, -0.05) is 33.8 Å². The molecule has 2 atom stereocenters. The molecule has 2 saturated heterocycles. The van der Waals surface area contributed by atoms with Gasteiger partial charge in [0.05, 0.1) is 22.8 Å². The van der Waals surface area contributed by atoms with Gasteiger partial charge in [0.1, 0.15) is 12.0 Å². The number of nitrogens with zero attached hydrogens (tertiary/aromatic N) is 5. The minimum atomic E-state index is -0.525. The lowest BCUT2D eigenvalue weighted by Crippen LogP contribution is -2.68. The highest BCUT2D eigenvalue weighted by Gasteiger charge is 2.47. The second kappa shape index (κ2) is 10.1. The first kappa shape index (κ1) is 22.3. The summed E-state index contributed by atoms with van der Waals surface area (Å²) in [7, 11) is 0. The van der Waals surface area contributed by atoms with Crippen LogP contribution in [0.25, 0.3) is 10.4 Å². The average molecular weight is 553 g/mol. The molecule has 9 nitrogen and oxygen atoms in total. The molecule has 0 spiro atoms. The highest BCUT2D eigenvalue weighted by molar-refractivity contribution is 14.1. The van der Waals surface area contributed by atoms with Crippen LogP contribution in [0.4, 0.5) is 5.69 Å². The summed E-state index contributed by atoms with van der Waals surface area (Å²) in [6, 6.07) is 7.41. The Morgan fingerprint density at radius 2 is 2.16 bits per heavy atom. The number of ether oxygens (including phenoxy) is 1. The molecule has 1 amide bonds. The molecule has 3 aliphatic heterocycles. The van der Waals surface area contributed by atoms with Crippen molar-refractivity contribution < 1.29 is 9.53 Å². The number of thiol groups is 1. The van der Waals surface area contributed by atoms with Gasteiger partial charge in [0.25, 0.3) is 0 Å². The molecule has 4 rings (SSSR count). The molecular formula is C20H24IN7O2S. The lowest BCUT2D eigenvalue weighted by atomic mass is 9.97. The van der Waals surface area contributed by atoms with Crippen LogP contribution in [-0.4, -0.2) is 58.3 Å². The molecule has 0 aromatic heterocycles. The summed E-state index contributed by atoms with van der Waals surface area (Å²) in [5.41, 5.74) is 10.7. The number of hydrogen-bond donors (Lipinski definition) is 3. The molecule has 1 aromatic rings. The highest BCUT2D eigenvalue weighted by atomic mass is 127. The standard InChI is InChI=1S/C20H24IN7O2S/c21-12-27-16-4-5-18(24-13-2-1-3-15(31)10-13)25-19(16)28(14-6-8-30-9-7-14)17(20(27)29)11-23-26-22/h1-5,10,14,17,19,24-25,31H,6-9,11-12H2/t17-,19?/m1/s1. The summed E-state index contributed by atoms with van der Waals surface area (Å²) >= 11 is 6.61. The zero-order valence-corrected chi connectivity index (χ0v) is 19.9. The number of rotatable bonds is 6. The van der Waals surface area contributed by atoms with E-state index in [4.69, 9.17) is 10.3 Å². The summed E-state index contributed by atoms with van der Waals surface area (Å²) in [4.78, 5) is 21.1. The number of amides is 1. The Balaban J connectivity index is 1.67. The third kappa shape index (κ3) is 4.80. The second-order valence-electron chi connectivity index (χ2n) is 7.50. The van der Waals surface area contributed by atoms with Gasteiger partial charge in [-0.05, 0) is 48.7 Å². The zero-order chi connectivity index (χ0) is 21.8. The molecule has 0 bridgehead atoms. The summed E-state index contributed by atoms with van der Waals surface area (Å²) in [6.07, 6.45) is 5.36. The first-order valence-corrected chi connectivity index (χ1v) is 12.1. The van der Waals surface area contributed by atoms with Crippen molar-refractivity contribution in [1.82, 2.24) is 15.1 Å². The Morgan fingerprint density at radius 1 is 1.35 bits per heavy atom. The van der Waals surface area contributed by atoms with E-state index in [2.05, 4.69) is 60.8 Å². The normalized spacial score (nSPS) is 24.5. The van der Waals surface area contributed by atoms with Gasteiger partial charge in [-0.3, -0.25) is 9.69 Å². The van der Waals surface area contributed by atoms with Gasteiger partial charge in [-0.25, -0.2) is 0 Å². The molecule has 0 aliphatic carbocycles. The van der Waals surface area contributed by atoms with Crippen molar-refractivity contribution in [1.29, 1.82) is 0 Å². The highest BCUT2D eigenvalue weighted by Crippen LogP contribution is 2.33. The Labute approximate surface area is 200 Å². The van der Waals surface area contributed by atoms with Crippen LogP contribution in [0.1, 0.15) is 12.8 Å². The molecule has 2 fully saturated rings. The van der Waals surface area contributed by atoms with Crippen LogP contribution in [0.5, 0.6) is 0 Å². The Bertz CT molecular complexity index is 943. The lowest BCUT2D eigenvalue weighted by molar-refractivity contribution is -0.143. The average Bonchev–Trinajstić information content (AvgIpc) is 2.78. The van der Waals surface area contributed by atoms with E-state index in [0.29, 0.717) is 17.8 Å². The van der Waals surface area contributed by atoms with E-state index in [1.807, 2.05) is 36.4 Å². The predicted octanol–water partition coefficient (Wildman–Crippen LogP) is 3.44. The first-order valence-electron chi connectivity index (χ1n) is 10.1. The topological polar surface area (TPSA) is 106 Å². The number of azide groups is 1. The van der Waals surface area contributed by atoms with Crippen LogP contribution >= 0.6 is 35.2 Å². The van der Waals surface area contributed by atoms with Gasteiger partial charge in [0.2, 0.25) is 5.91 Å². The smallest absolute Gasteiger partial charge is 0.245 e. The quantitative estimate of drug-likeness (QED) is 0.0953. The molecule has 11 heteroatoms. The van der Waals surface area contributed by atoms with Gasteiger partial charge >= 0.3 is 0 Å². The number of carbonyl (C=O) groups excluding carboxylic acids is 1. The summed E-state index contributed by atoms with van der Waals surface area (Å²) in [6.45, 7) is 1.40. The lowest BCUT2D eigenvalue weighted by Gasteiger charge is -2.52. The number of halogens is 1. The van der Waals surface area contributed by atoms with Gasteiger partial charge in [0.15, 0.2) is 0 Å². The van der Waals surface area contributed by atoms with Gasteiger partial charge in [0, 0.05) is 34.8 Å². The third-order valence-electron chi connectivity index (χ3n) is 5.69. The Hall–Kier alpha value is -1.92. The molecule has 1 aromatic carbocycles. The largest absolute Gasteiger partial charge is 0.381 e. The summed E-state index contributed by atoms with van der Waals surface area (Å²) in [5, 5.41) is 10.7. The fourth-order valence-electron chi connectivity index (χ4n) is 4.29. The number of allylic oxidation sites excluding steroid dienone is 2. The molecule has 31 heavy (non-hydrogen) atoms. The van der Waals surface area contributed by atoms with Crippen molar-refractivity contribution in [3.05, 3.63) is 58.4 Å². The number of hydrogen-bond acceptors (Lipinski definition) is 7.